The third-order valence-corrected chi connectivity index (χ3v) is 4.02. The van der Waals surface area contributed by atoms with Crippen molar-refractivity contribution in [1.29, 1.82) is 0 Å². The lowest BCUT2D eigenvalue weighted by Crippen LogP contribution is -2.21. The van der Waals surface area contributed by atoms with Crippen molar-refractivity contribution >= 4 is 0 Å². The first-order valence-electron chi connectivity index (χ1n) is 8.48. The average molecular weight is 291 g/mol. The minimum atomic E-state index is 0.424. The number of unbranched alkanes of at least 4 members (excludes halogenated alkanes) is 4. The molecule has 0 saturated heterocycles. The van der Waals surface area contributed by atoms with Gasteiger partial charge in [-0.15, -0.1) is 0 Å². The Hall–Kier alpha value is -1.22. The molecule has 0 bridgehead atoms. The van der Waals surface area contributed by atoms with E-state index in [0.29, 0.717) is 19.3 Å². The van der Waals surface area contributed by atoms with Crippen molar-refractivity contribution < 1.29 is 9.47 Å². The molecule has 0 aromatic heterocycles. The molecule has 0 saturated carbocycles. The highest BCUT2D eigenvalue weighted by Crippen LogP contribution is 2.33. The van der Waals surface area contributed by atoms with E-state index >= 15 is 0 Å². The number of benzene rings is 1. The Balaban J connectivity index is 1.93. The molecule has 2 rings (SSSR count). The summed E-state index contributed by atoms with van der Waals surface area (Å²) in [5, 5.41) is 3.60. The highest BCUT2D eigenvalue weighted by atomic mass is 16.6. The van der Waals surface area contributed by atoms with E-state index in [9.17, 15) is 0 Å². The largest absolute Gasteiger partial charge is 0.486 e. The van der Waals surface area contributed by atoms with Gasteiger partial charge < -0.3 is 14.8 Å². The molecule has 3 nitrogen and oxygen atoms in total. The number of ether oxygens (including phenoxy) is 2. The third-order valence-electron chi connectivity index (χ3n) is 4.02. The van der Waals surface area contributed by atoms with Gasteiger partial charge in [0.05, 0.1) is 0 Å². The molecule has 1 aromatic rings. The molecule has 118 valence electrons. The minimum Gasteiger partial charge on any atom is -0.486 e. The zero-order valence-electron chi connectivity index (χ0n) is 13.5. The van der Waals surface area contributed by atoms with Crippen molar-refractivity contribution in [3.05, 3.63) is 23.8 Å². The maximum Gasteiger partial charge on any atom is 0.161 e. The van der Waals surface area contributed by atoms with Gasteiger partial charge in [0.25, 0.3) is 0 Å². The number of hydrogen-bond acceptors (Lipinski definition) is 3. The first kappa shape index (κ1) is 16.2. The van der Waals surface area contributed by atoms with Gasteiger partial charge >= 0.3 is 0 Å². The van der Waals surface area contributed by atoms with Gasteiger partial charge in [-0.25, -0.2) is 0 Å². The lowest BCUT2D eigenvalue weighted by atomic mass is 9.99. The van der Waals surface area contributed by atoms with E-state index in [0.717, 1.165) is 18.0 Å². The monoisotopic (exact) mass is 291 g/mol. The summed E-state index contributed by atoms with van der Waals surface area (Å²) < 4.78 is 11.3. The van der Waals surface area contributed by atoms with Gasteiger partial charge in [-0.05, 0) is 30.7 Å². The molecule has 1 unspecified atom stereocenters. The van der Waals surface area contributed by atoms with Crippen LogP contribution < -0.4 is 14.8 Å². The van der Waals surface area contributed by atoms with Crippen molar-refractivity contribution in [2.24, 2.45) is 0 Å². The van der Waals surface area contributed by atoms with Crippen LogP contribution in [0, 0.1) is 0 Å². The van der Waals surface area contributed by atoms with Crippen molar-refractivity contribution in [2.75, 3.05) is 19.8 Å². The first-order valence-corrected chi connectivity index (χ1v) is 8.48. The summed E-state index contributed by atoms with van der Waals surface area (Å²) in [5.41, 5.74) is 1.32. The highest BCUT2D eigenvalue weighted by Gasteiger charge is 2.16. The Morgan fingerprint density at radius 3 is 2.52 bits per heavy atom. The van der Waals surface area contributed by atoms with E-state index < -0.39 is 0 Å². The molecule has 1 aliphatic heterocycles. The van der Waals surface area contributed by atoms with E-state index in [-0.39, 0.29) is 0 Å². The fraction of sp³-hybridized carbons (Fsp3) is 0.667. The molecule has 21 heavy (non-hydrogen) atoms. The maximum atomic E-state index is 5.70. The molecule has 0 radical (unpaired) electrons. The van der Waals surface area contributed by atoms with Crippen LogP contribution in [0.25, 0.3) is 0 Å². The van der Waals surface area contributed by atoms with Gasteiger partial charge in [0.2, 0.25) is 0 Å². The number of rotatable bonds is 9. The first-order chi connectivity index (χ1) is 10.3. The summed E-state index contributed by atoms with van der Waals surface area (Å²) in [6.45, 7) is 6.73. The van der Waals surface area contributed by atoms with E-state index in [1.165, 1.54) is 44.1 Å². The Kier molecular flexibility index (Phi) is 6.87. The summed E-state index contributed by atoms with van der Waals surface area (Å²) in [6, 6.07) is 6.79. The molecule has 0 amide bonds. The highest BCUT2D eigenvalue weighted by molar-refractivity contribution is 5.44. The van der Waals surface area contributed by atoms with Crippen LogP contribution in [-0.4, -0.2) is 19.8 Å². The SMILES string of the molecule is CCCCCCCC(NCC)c1ccc2c(c1)OCCO2. The fourth-order valence-corrected chi connectivity index (χ4v) is 2.86. The second kappa shape index (κ2) is 8.93. The topological polar surface area (TPSA) is 30.5 Å². The van der Waals surface area contributed by atoms with Crippen LogP contribution in [0.2, 0.25) is 0 Å². The summed E-state index contributed by atoms with van der Waals surface area (Å²) in [6.07, 6.45) is 7.83. The Morgan fingerprint density at radius 1 is 1.00 bits per heavy atom. The second-order valence-corrected chi connectivity index (χ2v) is 5.72. The summed E-state index contributed by atoms with van der Waals surface area (Å²) >= 11 is 0. The van der Waals surface area contributed by atoms with Crippen LogP contribution in [-0.2, 0) is 0 Å². The lowest BCUT2D eigenvalue weighted by molar-refractivity contribution is 0.171. The number of nitrogens with one attached hydrogen (secondary N) is 1. The predicted octanol–water partition coefficient (Wildman–Crippen LogP) is 4.47. The van der Waals surface area contributed by atoms with Gasteiger partial charge in [0.1, 0.15) is 13.2 Å². The smallest absolute Gasteiger partial charge is 0.161 e. The Bertz CT molecular complexity index is 420. The van der Waals surface area contributed by atoms with Crippen LogP contribution in [0.3, 0.4) is 0 Å². The molecule has 1 atom stereocenters. The van der Waals surface area contributed by atoms with Gasteiger partial charge in [0, 0.05) is 6.04 Å². The van der Waals surface area contributed by atoms with E-state index in [4.69, 9.17) is 9.47 Å². The number of fused-ring (bicyclic) bond motifs is 1. The summed E-state index contributed by atoms with van der Waals surface area (Å²) in [4.78, 5) is 0. The Labute approximate surface area is 129 Å². The minimum absolute atomic E-state index is 0.424. The van der Waals surface area contributed by atoms with Crippen LogP contribution in [0.1, 0.15) is 64.0 Å². The molecule has 1 heterocycles. The zero-order valence-corrected chi connectivity index (χ0v) is 13.5. The molecule has 1 N–H and O–H groups in total. The normalized spacial score (nSPS) is 15.0. The fourth-order valence-electron chi connectivity index (χ4n) is 2.86. The predicted molar refractivity (Wildman–Crippen MR) is 87.2 cm³/mol. The van der Waals surface area contributed by atoms with Crippen molar-refractivity contribution in [1.82, 2.24) is 5.32 Å². The molecule has 3 heteroatoms. The standard InChI is InChI=1S/C18H29NO2/c1-3-5-6-7-8-9-16(19-4-2)15-10-11-17-18(14-15)21-13-12-20-17/h10-11,14,16,19H,3-9,12-13H2,1-2H3. The van der Waals surface area contributed by atoms with Crippen LogP contribution in [0.5, 0.6) is 11.5 Å². The van der Waals surface area contributed by atoms with Gasteiger partial charge in [-0.3, -0.25) is 0 Å². The average Bonchev–Trinajstić information content (AvgIpc) is 2.53. The van der Waals surface area contributed by atoms with Crippen LogP contribution in [0.4, 0.5) is 0 Å². The Morgan fingerprint density at radius 2 is 1.76 bits per heavy atom. The lowest BCUT2D eigenvalue weighted by Gasteiger charge is -2.23. The van der Waals surface area contributed by atoms with Gasteiger partial charge in [0.15, 0.2) is 11.5 Å². The van der Waals surface area contributed by atoms with Crippen molar-refractivity contribution in [3.8, 4) is 11.5 Å². The molecule has 0 spiro atoms. The van der Waals surface area contributed by atoms with Gasteiger partial charge in [-0.2, -0.15) is 0 Å². The quantitative estimate of drug-likeness (QED) is 0.681. The summed E-state index contributed by atoms with van der Waals surface area (Å²) in [7, 11) is 0. The molecular formula is C18H29NO2. The molecule has 0 aliphatic carbocycles. The van der Waals surface area contributed by atoms with Crippen molar-refractivity contribution in [3.63, 3.8) is 0 Å². The molecular weight excluding hydrogens is 262 g/mol. The van der Waals surface area contributed by atoms with Crippen molar-refractivity contribution in [2.45, 2.75) is 58.4 Å². The number of hydrogen-bond donors (Lipinski definition) is 1. The molecule has 0 fully saturated rings. The third kappa shape index (κ3) is 4.92. The van der Waals surface area contributed by atoms with Crippen LogP contribution >= 0.6 is 0 Å². The van der Waals surface area contributed by atoms with E-state index in [2.05, 4.69) is 31.3 Å². The van der Waals surface area contributed by atoms with E-state index in [1.807, 2.05) is 6.07 Å². The van der Waals surface area contributed by atoms with Gasteiger partial charge in [-0.1, -0.05) is 52.0 Å². The molecule has 1 aromatic carbocycles. The maximum absolute atomic E-state index is 5.70. The summed E-state index contributed by atoms with van der Waals surface area (Å²) in [5.74, 6) is 1.77. The van der Waals surface area contributed by atoms with Crippen LogP contribution in [0.15, 0.2) is 18.2 Å². The van der Waals surface area contributed by atoms with E-state index in [1.54, 1.807) is 0 Å². The zero-order chi connectivity index (χ0) is 14.9. The second-order valence-electron chi connectivity index (χ2n) is 5.72. The molecule has 1 aliphatic rings.